The molecule has 0 aromatic heterocycles. The van der Waals surface area contributed by atoms with E-state index in [0.717, 1.165) is 0 Å². The molecule has 1 aromatic carbocycles. The number of benzene rings is 1. The molecule has 0 saturated heterocycles. The first-order valence-corrected chi connectivity index (χ1v) is 19.1. The Bertz CT molecular complexity index is 1490. The van der Waals surface area contributed by atoms with E-state index in [9.17, 15) is 39.0 Å². The summed E-state index contributed by atoms with van der Waals surface area (Å²) in [5.41, 5.74) is 28.5. The average Bonchev–Trinajstić information content (AvgIpc) is 3.15. The Labute approximate surface area is 336 Å². The van der Waals surface area contributed by atoms with Gasteiger partial charge in [-0.2, -0.15) is 12.6 Å². The summed E-state index contributed by atoms with van der Waals surface area (Å²) in [5, 5.41) is 51.9. The Morgan fingerprint density at radius 2 is 1.05 bits per heavy atom. The summed E-state index contributed by atoms with van der Waals surface area (Å²) in [6.07, 6.45) is 1.79. The summed E-state index contributed by atoms with van der Waals surface area (Å²) < 4.78 is 0. The molecule has 1 aromatic rings. The minimum atomic E-state index is -1.41. The maximum Gasteiger partial charge on any atom is 0.326 e. The lowest BCUT2D eigenvalue weighted by molar-refractivity contribution is -0.142. The third kappa shape index (κ3) is 20.4. The number of carbonyl (C=O) groups excluding carboxylic acids is 5. The Balaban J connectivity index is 3.11. The third-order valence-electron chi connectivity index (χ3n) is 8.44. The number of hydrogen-bond acceptors (Lipinski definition) is 13. The predicted molar refractivity (Wildman–Crippen MR) is 216 cm³/mol. The molecule has 6 atom stereocenters. The topological polar surface area (TPSA) is 405 Å². The zero-order valence-corrected chi connectivity index (χ0v) is 32.7. The Hall–Kier alpha value is -5.39. The number of aromatic hydroxyl groups is 1. The number of carbonyl (C=O) groups is 6. The first-order valence-electron chi connectivity index (χ1n) is 18.5. The van der Waals surface area contributed by atoms with Gasteiger partial charge in [0.25, 0.3) is 0 Å². The number of rotatable bonds is 28. The second-order valence-electron chi connectivity index (χ2n) is 13.1. The van der Waals surface area contributed by atoms with Gasteiger partial charge in [0.05, 0.1) is 6.04 Å². The molecular weight excluding hydrogens is 765 g/mol. The monoisotopic (exact) mass is 824 g/mol. The molecule has 23 heteroatoms. The van der Waals surface area contributed by atoms with Gasteiger partial charge in [0.2, 0.25) is 29.5 Å². The van der Waals surface area contributed by atoms with E-state index in [1.54, 1.807) is 0 Å². The second kappa shape index (κ2) is 27.2. The number of phenolic OH excluding ortho intramolecular Hbond substituents is 1. The zero-order chi connectivity index (χ0) is 42.9. The molecule has 0 saturated carbocycles. The molecule has 0 spiro atoms. The van der Waals surface area contributed by atoms with Crippen LogP contribution < -0.4 is 65.9 Å². The van der Waals surface area contributed by atoms with Gasteiger partial charge < -0.3 is 76.1 Å². The van der Waals surface area contributed by atoms with Crippen LogP contribution in [0.3, 0.4) is 0 Å². The van der Waals surface area contributed by atoms with Gasteiger partial charge in [0, 0.05) is 25.3 Å². The standard InChI is InChI=1S/C34H60N14O8S/c35-13-2-1-6-22(44-27(50)21(37)5-3-15-42-33(38)39)29(52)48-26(18-57)31(54)46-24(12-14-36)30(53)45-23(7-4-16-43-34(40)41)28(51)47-25(32(55)56)17-19-8-10-20(49)11-9-19/h8-11,21-26,49,57H,1-7,12-18,35-37H2,(H,44,50)(H,45,53)(H,46,54)(H,47,51)(H,48,52)(H,55,56)(H4,38,39,42)(H4,40,41,43)/t21-,22-,23-,24-,25-,26-/m0/s1. The van der Waals surface area contributed by atoms with Crippen molar-refractivity contribution in [1.29, 1.82) is 10.8 Å². The predicted octanol–water partition coefficient (Wildman–Crippen LogP) is -4.30. The van der Waals surface area contributed by atoms with Gasteiger partial charge in [0.15, 0.2) is 11.9 Å². The summed E-state index contributed by atoms with van der Waals surface area (Å²) in [5.74, 6) is -5.95. The van der Waals surface area contributed by atoms with Gasteiger partial charge in [-0.05, 0) is 82.2 Å². The molecule has 22 nitrogen and oxygen atoms in total. The van der Waals surface area contributed by atoms with Crippen LogP contribution in [-0.4, -0.2) is 126 Å². The van der Waals surface area contributed by atoms with E-state index in [-0.39, 0.29) is 75.0 Å². The van der Waals surface area contributed by atoms with Crippen LogP contribution in [0.2, 0.25) is 0 Å². The lowest BCUT2D eigenvalue weighted by Crippen LogP contribution is -2.60. The normalized spacial score (nSPS) is 14.0. The molecule has 0 fully saturated rings. The summed E-state index contributed by atoms with van der Waals surface area (Å²) in [6.45, 7) is 0.729. The van der Waals surface area contributed by atoms with E-state index in [1.807, 2.05) is 0 Å². The van der Waals surface area contributed by atoms with Gasteiger partial charge in [-0.1, -0.05) is 12.1 Å². The lowest BCUT2D eigenvalue weighted by Gasteiger charge is -2.27. The average molecular weight is 825 g/mol. The van der Waals surface area contributed by atoms with Gasteiger partial charge in [-0.25, -0.2) is 4.79 Å². The van der Waals surface area contributed by atoms with Crippen molar-refractivity contribution < 1.29 is 39.0 Å². The number of thiol groups is 1. The van der Waals surface area contributed by atoms with Crippen molar-refractivity contribution in [3.8, 4) is 5.75 Å². The van der Waals surface area contributed by atoms with Crippen molar-refractivity contribution in [3.05, 3.63) is 29.8 Å². The Kier molecular flexibility index (Phi) is 23.7. The van der Waals surface area contributed by atoms with E-state index >= 15 is 0 Å². The number of guanidine groups is 2. The van der Waals surface area contributed by atoms with Crippen molar-refractivity contribution in [2.45, 2.75) is 94.0 Å². The largest absolute Gasteiger partial charge is 0.508 e. The van der Waals surface area contributed by atoms with Crippen molar-refractivity contribution in [3.63, 3.8) is 0 Å². The number of unbranched alkanes of at least 4 members (excludes halogenated alkanes) is 1. The van der Waals surface area contributed by atoms with Crippen molar-refractivity contribution in [2.24, 2.45) is 28.7 Å². The van der Waals surface area contributed by atoms with Crippen LogP contribution in [0.4, 0.5) is 0 Å². The number of amides is 5. The van der Waals surface area contributed by atoms with E-state index in [1.165, 1.54) is 24.3 Å². The first kappa shape index (κ1) is 49.6. The highest BCUT2D eigenvalue weighted by Gasteiger charge is 2.32. The van der Waals surface area contributed by atoms with Crippen LogP contribution in [0.15, 0.2) is 24.3 Å². The molecule has 0 bridgehead atoms. The quantitative estimate of drug-likeness (QED) is 0.0165. The van der Waals surface area contributed by atoms with Crippen LogP contribution >= 0.6 is 12.6 Å². The SMILES string of the molecule is N=C(N)NCCC[C@H](NC(=O)[C@H](CCN)NC(=O)[C@H](CS)NC(=O)[C@H](CCCCN)NC(=O)[C@@H](N)CCCNC(=N)N)C(=O)N[C@@H](Cc1ccc(O)cc1)C(=O)O. The number of nitrogens with two attached hydrogens (primary N) is 5. The number of carboxylic acid groups (broad SMARTS) is 1. The van der Waals surface area contributed by atoms with Gasteiger partial charge in [0.1, 0.15) is 36.0 Å². The van der Waals surface area contributed by atoms with Gasteiger partial charge >= 0.3 is 5.97 Å². The molecule has 0 unspecified atom stereocenters. The van der Waals surface area contributed by atoms with E-state index < -0.39 is 71.8 Å². The fourth-order valence-corrected chi connectivity index (χ4v) is 5.56. The van der Waals surface area contributed by atoms with Crippen LogP contribution in [0.1, 0.15) is 56.9 Å². The number of carboxylic acids is 1. The molecule has 21 N–H and O–H groups in total. The molecule has 0 aliphatic rings. The lowest BCUT2D eigenvalue weighted by atomic mass is 10.0. The summed E-state index contributed by atoms with van der Waals surface area (Å²) in [6, 6.07) is -1.65. The fraction of sp³-hybridized carbons (Fsp3) is 0.588. The Morgan fingerprint density at radius 3 is 1.53 bits per heavy atom. The maximum absolute atomic E-state index is 13.6. The zero-order valence-electron chi connectivity index (χ0n) is 31.9. The number of aliphatic carboxylic acids is 1. The molecule has 5 amide bonds. The molecule has 1 rings (SSSR count). The number of phenols is 1. The van der Waals surface area contributed by atoms with Crippen LogP contribution in [-0.2, 0) is 35.2 Å². The highest BCUT2D eigenvalue weighted by molar-refractivity contribution is 7.80. The van der Waals surface area contributed by atoms with Crippen molar-refractivity contribution in [1.82, 2.24) is 37.2 Å². The molecule has 0 aliphatic heterocycles. The van der Waals surface area contributed by atoms with Gasteiger partial charge in [-0.3, -0.25) is 34.8 Å². The summed E-state index contributed by atoms with van der Waals surface area (Å²) in [7, 11) is 0. The molecule has 320 valence electrons. The minimum Gasteiger partial charge on any atom is -0.508 e. The third-order valence-corrected chi connectivity index (χ3v) is 8.80. The number of hydrogen-bond donors (Lipinski definition) is 17. The fourth-order valence-electron chi connectivity index (χ4n) is 5.30. The maximum atomic E-state index is 13.6. The molecule has 57 heavy (non-hydrogen) atoms. The van der Waals surface area contributed by atoms with Crippen molar-refractivity contribution >= 4 is 60.1 Å². The molecular formula is C34H60N14O8S. The van der Waals surface area contributed by atoms with E-state index in [2.05, 4.69) is 49.8 Å². The van der Waals surface area contributed by atoms with Crippen LogP contribution in [0.25, 0.3) is 0 Å². The smallest absolute Gasteiger partial charge is 0.326 e. The summed E-state index contributed by atoms with van der Waals surface area (Å²) in [4.78, 5) is 78.9. The second-order valence-corrected chi connectivity index (χ2v) is 13.5. The molecule has 0 heterocycles. The van der Waals surface area contributed by atoms with Crippen LogP contribution in [0, 0.1) is 10.8 Å². The highest BCUT2D eigenvalue weighted by Crippen LogP contribution is 2.12. The Morgan fingerprint density at radius 1 is 0.614 bits per heavy atom. The molecule has 0 aliphatic carbocycles. The van der Waals surface area contributed by atoms with Crippen LogP contribution in [0.5, 0.6) is 5.75 Å². The number of nitrogens with one attached hydrogen (secondary N) is 9. The van der Waals surface area contributed by atoms with E-state index in [4.69, 9.17) is 39.5 Å². The summed E-state index contributed by atoms with van der Waals surface area (Å²) >= 11 is 4.21. The minimum absolute atomic E-state index is 0.0288. The molecule has 0 radical (unpaired) electrons. The first-order chi connectivity index (χ1) is 27.0. The van der Waals surface area contributed by atoms with Crippen molar-refractivity contribution in [2.75, 3.05) is 31.9 Å². The highest BCUT2D eigenvalue weighted by atomic mass is 32.1. The van der Waals surface area contributed by atoms with E-state index in [0.29, 0.717) is 37.9 Å². The van der Waals surface area contributed by atoms with Gasteiger partial charge in [-0.15, -0.1) is 0 Å².